The van der Waals surface area contributed by atoms with E-state index in [4.69, 9.17) is 4.52 Å². The van der Waals surface area contributed by atoms with E-state index in [1.165, 1.54) is 12.8 Å². The topological polar surface area (TPSA) is 76.2 Å². The molecule has 1 amide bonds. The van der Waals surface area contributed by atoms with E-state index in [0.29, 0.717) is 23.9 Å². The molecule has 1 fully saturated rings. The van der Waals surface area contributed by atoms with Crippen LogP contribution in [0, 0.1) is 12.8 Å². The van der Waals surface area contributed by atoms with Gasteiger partial charge in [-0.05, 0) is 52.1 Å². The number of nitrogens with zero attached hydrogens (tertiary/aromatic N) is 4. The van der Waals surface area contributed by atoms with Gasteiger partial charge in [-0.2, -0.15) is 5.10 Å². The number of aryl methyl sites for hydroxylation is 1. The summed E-state index contributed by atoms with van der Waals surface area (Å²) in [6.45, 7) is 11.7. The Morgan fingerprint density at radius 2 is 2.27 bits per heavy atom. The zero-order valence-electron chi connectivity index (χ0n) is 16.2. The molecule has 142 valence electrons. The number of nitrogens with one attached hydrogen (secondary N) is 1. The van der Waals surface area contributed by atoms with Gasteiger partial charge in [0.2, 0.25) is 0 Å². The molecule has 3 heterocycles. The lowest BCUT2D eigenvalue weighted by atomic mass is 9.97. The van der Waals surface area contributed by atoms with Crippen molar-refractivity contribution in [2.24, 2.45) is 5.92 Å². The van der Waals surface area contributed by atoms with Gasteiger partial charge in [0.05, 0.1) is 6.54 Å². The van der Waals surface area contributed by atoms with Crippen LogP contribution in [-0.4, -0.2) is 50.9 Å². The van der Waals surface area contributed by atoms with Gasteiger partial charge in [0.25, 0.3) is 5.91 Å². The van der Waals surface area contributed by atoms with Crippen molar-refractivity contribution in [3.8, 4) is 0 Å². The minimum absolute atomic E-state index is 0.195. The van der Waals surface area contributed by atoms with Crippen molar-refractivity contribution in [2.45, 2.75) is 52.6 Å². The van der Waals surface area contributed by atoms with Gasteiger partial charge in [-0.3, -0.25) is 9.48 Å². The van der Waals surface area contributed by atoms with Crippen LogP contribution in [0.25, 0.3) is 0 Å². The standard InChI is InChI=1S/C19H29N5O2/c1-14-7-5-9-23(11-14)13-19(3,4)21-18(25)17-16(15(2)26-22-17)12-24-10-6-8-20-24/h6,8,10,14H,5,7,9,11-13H2,1-4H3,(H,21,25). The van der Waals surface area contributed by atoms with Crippen molar-refractivity contribution < 1.29 is 9.32 Å². The fourth-order valence-electron chi connectivity index (χ4n) is 3.71. The SMILES string of the molecule is Cc1onc(C(=O)NC(C)(C)CN2CCCC(C)C2)c1Cn1cccn1. The largest absolute Gasteiger partial charge is 0.361 e. The molecule has 0 aliphatic carbocycles. The highest BCUT2D eigenvalue weighted by atomic mass is 16.5. The molecule has 2 aromatic heterocycles. The third-order valence-electron chi connectivity index (χ3n) is 4.89. The van der Waals surface area contributed by atoms with E-state index in [0.717, 1.165) is 25.2 Å². The molecule has 7 nitrogen and oxygen atoms in total. The lowest BCUT2D eigenvalue weighted by Gasteiger charge is -2.37. The molecule has 2 aromatic rings. The lowest BCUT2D eigenvalue weighted by molar-refractivity contribution is 0.0853. The lowest BCUT2D eigenvalue weighted by Crippen LogP contribution is -2.53. The molecule has 0 bridgehead atoms. The Balaban J connectivity index is 1.67. The minimum Gasteiger partial charge on any atom is -0.361 e. The van der Waals surface area contributed by atoms with E-state index in [-0.39, 0.29) is 11.4 Å². The number of hydrogen-bond donors (Lipinski definition) is 1. The third kappa shape index (κ3) is 4.52. The van der Waals surface area contributed by atoms with Crippen LogP contribution < -0.4 is 5.32 Å². The smallest absolute Gasteiger partial charge is 0.274 e. The highest BCUT2D eigenvalue weighted by Gasteiger charge is 2.29. The highest BCUT2D eigenvalue weighted by molar-refractivity contribution is 5.94. The number of likely N-dealkylation sites (tertiary alicyclic amines) is 1. The van der Waals surface area contributed by atoms with Crippen LogP contribution in [0.3, 0.4) is 0 Å². The van der Waals surface area contributed by atoms with Gasteiger partial charge in [0.1, 0.15) is 5.76 Å². The quantitative estimate of drug-likeness (QED) is 0.857. The predicted octanol–water partition coefficient (Wildman–Crippen LogP) is 2.47. The molecule has 0 saturated carbocycles. The second-order valence-corrected chi connectivity index (χ2v) is 8.09. The van der Waals surface area contributed by atoms with Gasteiger partial charge in [0.15, 0.2) is 5.69 Å². The van der Waals surface area contributed by atoms with Crippen LogP contribution in [0.5, 0.6) is 0 Å². The second kappa shape index (κ2) is 7.61. The van der Waals surface area contributed by atoms with Gasteiger partial charge in [-0.15, -0.1) is 0 Å². The first-order valence-electron chi connectivity index (χ1n) is 9.31. The van der Waals surface area contributed by atoms with E-state index in [9.17, 15) is 4.79 Å². The zero-order valence-corrected chi connectivity index (χ0v) is 16.2. The molecule has 1 aliphatic rings. The Hall–Kier alpha value is -2.15. The maximum atomic E-state index is 12.8. The first-order chi connectivity index (χ1) is 12.3. The van der Waals surface area contributed by atoms with Crippen molar-refractivity contribution >= 4 is 5.91 Å². The number of hydrogen-bond acceptors (Lipinski definition) is 5. The van der Waals surface area contributed by atoms with Crippen molar-refractivity contribution in [3.63, 3.8) is 0 Å². The van der Waals surface area contributed by atoms with E-state index >= 15 is 0 Å². The first kappa shape index (κ1) is 18.6. The Kier molecular flexibility index (Phi) is 5.46. The molecule has 1 unspecified atom stereocenters. The summed E-state index contributed by atoms with van der Waals surface area (Å²) in [5.74, 6) is 1.17. The summed E-state index contributed by atoms with van der Waals surface area (Å²) in [7, 11) is 0. The summed E-state index contributed by atoms with van der Waals surface area (Å²) in [5, 5.41) is 11.3. The second-order valence-electron chi connectivity index (χ2n) is 8.09. The molecule has 1 N–H and O–H groups in total. The third-order valence-corrected chi connectivity index (χ3v) is 4.89. The summed E-state index contributed by atoms with van der Waals surface area (Å²) in [5.41, 5.74) is 0.774. The number of piperidine rings is 1. The molecular formula is C19H29N5O2. The molecule has 0 radical (unpaired) electrons. The van der Waals surface area contributed by atoms with Gasteiger partial charge >= 0.3 is 0 Å². The molecule has 7 heteroatoms. The fourth-order valence-corrected chi connectivity index (χ4v) is 3.71. The Morgan fingerprint density at radius 3 is 2.96 bits per heavy atom. The zero-order chi connectivity index (χ0) is 18.7. The van der Waals surface area contributed by atoms with Crippen molar-refractivity contribution in [3.05, 3.63) is 35.5 Å². The van der Waals surface area contributed by atoms with Gasteiger partial charge < -0.3 is 14.7 Å². The average Bonchev–Trinajstić information content (AvgIpc) is 3.17. The molecular weight excluding hydrogens is 330 g/mol. The Bertz CT molecular complexity index is 735. The van der Waals surface area contributed by atoms with E-state index in [1.807, 2.05) is 19.2 Å². The molecule has 0 aromatic carbocycles. The minimum atomic E-state index is -0.343. The summed E-state index contributed by atoms with van der Waals surface area (Å²) in [6.07, 6.45) is 6.08. The predicted molar refractivity (Wildman–Crippen MR) is 99.0 cm³/mol. The molecule has 1 atom stereocenters. The van der Waals surface area contributed by atoms with E-state index in [1.54, 1.807) is 10.9 Å². The van der Waals surface area contributed by atoms with Crippen LogP contribution in [0.15, 0.2) is 23.0 Å². The van der Waals surface area contributed by atoms with Gasteiger partial charge in [-0.1, -0.05) is 12.1 Å². The summed E-state index contributed by atoms with van der Waals surface area (Å²) in [4.78, 5) is 15.3. The van der Waals surface area contributed by atoms with Crippen LogP contribution in [0.4, 0.5) is 0 Å². The number of carbonyl (C=O) groups is 1. The van der Waals surface area contributed by atoms with Crippen LogP contribution in [0.2, 0.25) is 0 Å². The van der Waals surface area contributed by atoms with Crippen LogP contribution >= 0.6 is 0 Å². The maximum absolute atomic E-state index is 12.8. The Labute approximate surface area is 154 Å². The van der Waals surface area contributed by atoms with Crippen molar-refractivity contribution in [2.75, 3.05) is 19.6 Å². The molecule has 0 spiro atoms. The number of carbonyl (C=O) groups excluding carboxylic acids is 1. The number of rotatable bonds is 6. The van der Waals surface area contributed by atoms with Crippen molar-refractivity contribution in [1.82, 2.24) is 25.2 Å². The first-order valence-corrected chi connectivity index (χ1v) is 9.31. The number of aromatic nitrogens is 3. The normalized spacial score (nSPS) is 18.8. The molecule has 26 heavy (non-hydrogen) atoms. The fraction of sp³-hybridized carbons (Fsp3) is 0.632. The van der Waals surface area contributed by atoms with Crippen LogP contribution in [0.1, 0.15) is 55.4 Å². The monoisotopic (exact) mass is 359 g/mol. The summed E-state index contributed by atoms with van der Waals surface area (Å²) >= 11 is 0. The average molecular weight is 359 g/mol. The van der Waals surface area contributed by atoms with Crippen molar-refractivity contribution in [1.29, 1.82) is 0 Å². The number of amides is 1. The summed E-state index contributed by atoms with van der Waals surface area (Å²) in [6, 6.07) is 1.85. The van der Waals surface area contributed by atoms with Crippen LogP contribution in [-0.2, 0) is 6.54 Å². The maximum Gasteiger partial charge on any atom is 0.274 e. The Morgan fingerprint density at radius 1 is 1.46 bits per heavy atom. The molecule has 3 rings (SSSR count). The van der Waals surface area contributed by atoms with Gasteiger partial charge in [0, 0.05) is 36.6 Å². The van der Waals surface area contributed by atoms with E-state index < -0.39 is 0 Å². The molecule has 1 saturated heterocycles. The van der Waals surface area contributed by atoms with E-state index in [2.05, 4.69) is 41.2 Å². The van der Waals surface area contributed by atoms with Gasteiger partial charge in [-0.25, -0.2) is 0 Å². The molecule has 1 aliphatic heterocycles. The highest BCUT2D eigenvalue weighted by Crippen LogP contribution is 2.19. The summed E-state index contributed by atoms with van der Waals surface area (Å²) < 4.78 is 7.04.